The fourth-order valence-electron chi connectivity index (χ4n) is 3.35. The first-order valence-corrected chi connectivity index (χ1v) is 11.4. The quantitative estimate of drug-likeness (QED) is 0.667. The lowest BCUT2D eigenvalue weighted by atomic mass is 9.97. The summed E-state index contributed by atoms with van der Waals surface area (Å²) in [6.07, 6.45) is 0.677. The van der Waals surface area contributed by atoms with E-state index in [4.69, 9.17) is 4.42 Å². The summed E-state index contributed by atoms with van der Waals surface area (Å²) in [6.45, 7) is 6.54. The monoisotopic (exact) mass is 440 g/mol. The first-order chi connectivity index (χ1) is 14.6. The molecule has 8 nitrogen and oxygen atoms in total. The number of benzene rings is 2. The van der Waals surface area contributed by atoms with Gasteiger partial charge in [-0.25, -0.2) is 8.42 Å². The predicted octanol–water partition coefficient (Wildman–Crippen LogP) is 3.37. The number of nitrogens with zero attached hydrogens (tertiary/aromatic N) is 3. The van der Waals surface area contributed by atoms with E-state index in [1.807, 2.05) is 45.0 Å². The van der Waals surface area contributed by atoms with E-state index in [2.05, 4.69) is 15.5 Å². The Morgan fingerprint density at radius 1 is 1.03 bits per heavy atom. The van der Waals surface area contributed by atoms with E-state index in [-0.39, 0.29) is 16.3 Å². The molecule has 1 N–H and O–H groups in total. The molecular formula is C22H24N4O4S. The fraction of sp³-hybridized carbons (Fsp3) is 0.318. The summed E-state index contributed by atoms with van der Waals surface area (Å²) in [5.41, 5.74) is 2.15. The topological polar surface area (TPSA) is 105 Å². The Kier molecular flexibility index (Phi) is 5.40. The molecule has 2 aromatic carbocycles. The van der Waals surface area contributed by atoms with E-state index >= 15 is 0 Å². The second-order valence-corrected chi connectivity index (χ2v) is 10.4. The standard InChI is InChI=1S/C22H24N4O4S/c1-22(2,3)20-24-25-21(30-20)23-19(27)16-8-10-18(11-9-16)31(28,29)26-13-12-15-6-4-5-7-17(15)14-26/h4-11H,12-14H2,1-3H3,(H,23,25,27). The summed E-state index contributed by atoms with van der Waals surface area (Å²) in [6, 6.07) is 13.7. The number of hydrogen-bond acceptors (Lipinski definition) is 6. The van der Waals surface area contributed by atoms with Gasteiger partial charge >= 0.3 is 6.01 Å². The van der Waals surface area contributed by atoms with Crippen LogP contribution in [0, 0.1) is 0 Å². The van der Waals surface area contributed by atoms with Crippen LogP contribution in [0.5, 0.6) is 0 Å². The average Bonchev–Trinajstić information content (AvgIpc) is 3.22. The van der Waals surface area contributed by atoms with Gasteiger partial charge in [0.15, 0.2) is 0 Å². The molecule has 2 heterocycles. The van der Waals surface area contributed by atoms with Crippen LogP contribution in [0.25, 0.3) is 0 Å². The molecule has 162 valence electrons. The highest BCUT2D eigenvalue weighted by molar-refractivity contribution is 7.89. The average molecular weight is 441 g/mol. The fourth-order valence-corrected chi connectivity index (χ4v) is 4.77. The summed E-state index contributed by atoms with van der Waals surface area (Å²) < 4.78 is 33.1. The third-order valence-corrected chi connectivity index (χ3v) is 7.00. The number of nitrogens with one attached hydrogen (secondary N) is 1. The highest BCUT2D eigenvalue weighted by Gasteiger charge is 2.28. The zero-order chi connectivity index (χ0) is 22.2. The minimum absolute atomic E-state index is 0.00129. The molecule has 0 fully saturated rings. The van der Waals surface area contributed by atoms with Crippen LogP contribution in [0.15, 0.2) is 57.8 Å². The summed E-state index contributed by atoms with van der Waals surface area (Å²) in [5.74, 6) is -0.0488. The summed E-state index contributed by atoms with van der Waals surface area (Å²) in [5, 5.41) is 10.3. The molecule has 4 rings (SSSR count). The van der Waals surface area contributed by atoms with Gasteiger partial charge in [-0.2, -0.15) is 4.31 Å². The van der Waals surface area contributed by atoms with Crippen LogP contribution in [0.2, 0.25) is 0 Å². The number of aromatic nitrogens is 2. The molecule has 1 aliphatic rings. The van der Waals surface area contributed by atoms with E-state index in [1.54, 1.807) is 0 Å². The minimum atomic E-state index is -3.66. The Bertz CT molecular complexity index is 1210. The van der Waals surface area contributed by atoms with Gasteiger partial charge in [-0.05, 0) is 41.8 Å². The van der Waals surface area contributed by atoms with Crippen molar-refractivity contribution in [2.45, 2.75) is 44.0 Å². The van der Waals surface area contributed by atoms with Gasteiger partial charge in [0.25, 0.3) is 5.91 Å². The van der Waals surface area contributed by atoms with Crippen LogP contribution >= 0.6 is 0 Å². The third-order valence-electron chi connectivity index (χ3n) is 5.14. The second kappa shape index (κ2) is 7.90. The smallest absolute Gasteiger partial charge is 0.322 e. The first-order valence-electron chi connectivity index (χ1n) is 9.97. The Balaban J connectivity index is 1.47. The number of carbonyl (C=O) groups is 1. The zero-order valence-electron chi connectivity index (χ0n) is 17.6. The van der Waals surface area contributed by atoms with Crippen LogP contribution in [-0.4, -0.2) is 35.4 Å². The molecule has 0 spiro atoms. The number of anilines is 1. The van der Waals surface area contributed by atoms with Crippen LogP contribution in [0.4, 0.5) is 6.01 Å². The number of carbonyl (C=O) groups excluding carboxylic acids is 1. The first kappa shape index (κ1) is 21.2. The molecule has 0 atom stereocenters. The molecule has 0 saturated heterocycles. The van der Waals surface area contributed by atoms with Gasteiger partial charge in [-0.1, -0.05) is 50.1 Å². The van der Waals surface area contributed by atoms with E-state index in [0.29, 0.717) is 31.0 Å². The van der Waals surface area contributed by atoms with Crippen molar-refractivity contribution in [2.75, 3.05) is 11.9 Å². The number of rotatable bonds is 4. The highest BCUT2D eigenvalue weighted by Crippen LogP contribution is 2.25. The van der Waals surface area contributed by atoms with E-state index in [1.165, 1.54) is 34.1 Å². The second-order valence-electron chi connectivity index (χ2n) is 8.50. The largest absolute Gasteiger partial charge is 0.407 e. The molecule has 1 aromatic heterocycles. The molecule has 0 aliphatic carbocycles. The van der Waals surface area contributed by atoms with Gasteiger partial charge in [0.05, 0.1) is 4.90 Å². The molecule has 9 heteroatoms. The Labute approximate surface area is 181 Å². The van der Waals surface area contributed by atoms with Gasteiger partial charge in [0.1, 0.15) is 0 Å². The van der Waals surface area contributed by atoms with Crippen molar-refractivity contribution in [2.24, 2.45) is 0 Å². The van der Waals surface area contributed by atoms with Crippen molar-refractivity contribution < 1.29 is 17.6 Å². The van der Waals surface area contributed by atoms with Gasteiger partial charge in [-0.15, -0.1) is 5.10 Å². The molecule has 0 saturated carbocycles. The van der Waals surface area contributed by atoms with Crippen molar-refractivity contribution in [3.05, 3.63) is 71.1 Å². The maximum absolute atomic E-state index is 13.1. The van der Waals surface area contributed by atoms with Gasteiger partial charge in [0.2, 0.25) is 15.9 Å². The maximum Gasteiger partial charge on any atom is 0.322 e. The van der Waals surface area contributed by atoms with Gasteiger partial charge in [0, 0.05) is 24.1 Å². The molecule has 1 amide bonds. The van der Waals surface area contributed by atoms with E-state index < -0.39 is 15.9 Å². The van der Waals surface area contributed by atoms with Gasteiger partial charge < -0.3 is 4.42 Å². The van der Waals surface area contributed by atoms with Gasteiger partial charge in [-0.3, -0.25) is 10.1 Å². The number of fused-ring (bicyclic) bond motifs is 1. The predicted molar refractivity (Wildman–Crippen MR) is 115 cm³/mol. The van der Waals surface area contributed by atoms with Crippen LogP contribution in [-0.2, 0) is 28.4 Å². The van der Waals surface area contributed by atoms with Crippen LogP contribution in [0.3, 0.4) is 0 Å². The lowest BCUT2D eigenvalue weighted by molar-refractivity contribution is 0.102. The summed E-state index contributed by atoms with van der Waals surface area (Å²) in [7, 11) is -3.66. The Hall–Kier alpha value is -3.04. The van der Waals surface area contributed by atoms with Crippen LogP contribution < -0.4 is 5.32 Å². The van der Waals surface area contributed by atoms with Crippen molar-refractivity contribution in [3.8, 4) is 0 Å². The molecule has 0 radical (unpaired) electrons. The summed E-state index contributed by atoms with van der Waals surface area (Å²) >= 11 is 0. The van der Waals surface area contributed by atoms with Crippen molar-refractivity contribution in [1.29, 1.82) is 0 Å². The maximum atomic E-state index is 13.1. The summed E-state index contributed by atoms with van der Waals surface area (Å²) in [4.78, 5) is 12.6. The highest BCUT2D eigenvalue weighted by atomic mass is 32.2. The zero-order valence-corrected chi connectivity index (χ0v) is 18.4. The van der Waals surface area contributed by atoms with Crippen molar-refractivity contribution in [1.82, 2.24) is 14.5 Å². The normalized spacial score (nSPS) is 14.8. The molecule has 31 heavy (non-hydrogen) atoms. The van der Waals surface area contributed by atoms with Crippen molar-refractivity contribution >= 4 is 21.9 Å². The third kappa shape index (κ3) is 4.38. The Morgan fingerprint density at radius 3 is 2.35 bits per heavy atom. The number of hydrogen-bond donors (Lipinski definition) is 1. The molecular weight excluding hydrogens is 416 g/mol. The molecule has 0 bridgehead atoms. The van der Waals surface area contributed by atoms with E-state index in [0.717, 1.165) is 5.56 Å². The molecule has 3 aromatic rings. The lowest BCUT2D eigenvalue weighted by Gasteiger charge is -2.28. The number of amides is 1. The SMILES string of the molecule is CC(C)(C)c1nnc(NC(=O)c2ccc(S(=O)(=O)N3CCc4ccccc4C3)cc2)o1. The Morgan fingerprint density at radius 2 is 1.71 bits per heavy atom. The lowest BCUT2D eigenvalue weighted by Crippen LogP contribution is -2.35. The molecule has 1 aliphatic heterocycles. The van der Waals surface area contributed by atoms with Crippen LogP contribution in [0.1, 0.15) is 48.1 Å². The molecule has 0 unspecified atom stereocenters. The minimum Gasteiger partial charge on any atom is -0.407 e. The van der Waals surface area contributed by atoms with E-state index in [9.17, 15) is 13.2 Å². The number of sulfonamides is 1. The van der Waals surface area contributed by atoms with Crippen molar-refractivity contribution in [3.63, 3.8) is 0 Å².